The topological polar surface area (TPSA) is 55.7 Å². The van der Waals surface area contributed by atoms with E-state index in [-0.39, 0.29) is 11.3 Å². The number of rotatable bonds is 3. The largest absolute Gasteiger partial charge is 0.496 e. The molecule has 0 aliphatic carbocycles. The minimum absolute atomic E-state index is 0.147. The molecule has 0 aliphatic rings. The van der Waals surface area contributed by atoms with Crippen molar-refractivity contribution in [2.75, 3.05) is 7.11 Å². The maximum Gasteiger partial charge on any atom is 0.152 e. The van der Waals surface area contributed by atoms with Crippen LogP contribution in [0.1, 0.15) is 15.9 Å². The highest BCUT2D eigenvalue weighted by Gasteiger charge is 2.07. The Bertz CT molecular complexity index is 347. The summed E-state index contributed by atoms with van der Waals surface area (Å²) < 4.78 is 4.98. The summed E-state index contributed by atoms with van der Waals surface area (Å²) in [6.45, 7) is 1.78. The third kappa shape index (κ3) is 1.72. The summed E-state index contributed by atoms with van der Waals surface area (Å²) in [4.78, 5) is 20.8. The molecule has 0 heterocycles. The van der Waals surface area contributed by atoms with Gasteiger partial charge in [0, 0.05) is 5.56 Å². The first-order valence-corrected chi connectivity index (χ1v) is 3.70. The molecule has 0 radical (unpaired) electrons. The molecule has 1 aromatic rings. The molecule has 1 aromatic carbocycles. The smallest absolute Gasteiger partial charge is 0.152 e. The van der Waals surface area contributed by atoms with Gasteiger partial charge in [-0.3, -0.25) is 4.79 Å². The number of ether oxygens (including phenoxy) is 1. The van der Waals surface area contributed by atoms with Gasteiger partial charge in [0.1, 0.15) is 11.4 Å². The highest BCUT2D eigenvalue weighted by molar-refractivity contribution is 5.84. The molecule has 0 atom stereocenters. The molecule has 0 saturated carbocycles. The number of carbonyl (C=O) groups excluding carboxylic acids is 1. The van der Waals surface area contributed by atoms with E-state index in [0.29, 0.717) is 12.0 Å². The van der Waals surface area contributed by atoms with Crippen LogP contribution in [-0.4, -0.2) is 13.4 Å². The van der Waals surface area contributed by atoms with Gasteiger partial charge in [-0.1, -0.05) is 0 Å². The number of hydrogen-bond donors (Lipinski definition) is 0. The highest BCUT2D eigenvalue weighted by atomic mass is 16.5. The van der Waals surface area contributed by atoms with E-state index in [9.17, 15) is 9.70 Å². The van der Waals surface area contributed by atoms with Crippen molar-refractivity contribution in [2.24, 2.45) is 5.18 Å². The molecule has 0 fully saturated rings. The number of aldehydes is 1. The second kappa shape index (κ2) is 3.80. The van der Waals surface area contributed by atoms with Crippen molar-refractivity contribution >= 4 is 12.0 Å². The lowest BCUT2D eigenvalue weighted by Crippen LogP contribution is -1.90. The quantitative estimate of drug-likeness (QED) is 0.528. The lowest BCUT2D eigenvalue weighted by atomic mass is 10.1. The number of benzene rings is 1. The second-order valence-corrected chi connectivity index (χ2v) is 2.59. The van der Waals surface area contributed by atoms with E-state index in [1.165, 1.54) is 19.2 Å². The first-order chi connectivity index (χ1) is 6.22. The van der Waals surface area contributed by atoms with Crippen molar-refractivity contribution in [3.63, 3.8) is 0 Å². The third-order valence-electron chi connectivity index (χ3n) is 1.77. The zero-order valence-corrected chi connectivity index (χ0v) is 7.40. The van der Waals surface area contributed by atoms with Gasteiger partial charge in [0.2, 0.25) is 0 Å². The van der Waals surface area contributed by atoms with Gasteiger partial charge >= 0.3 is 0 Å². The van der Waals surface area contributed by atoms with E-state index in [0.717, 1.165) is 5.56 Å². The Labute approximate surface area is 75.5 Å². The third-order valence-corrected chi connectivity index (χ3v) is 1.77. The lowest BCUT2D eigenvalue weighted by Gasteiger charge is -2.05. The van der Waals surface area contributed by atoms with Crippen LogP contribution in [0.2, 0.25) is 0 Å². The van der Waals surface area contributed by atoms with Crippen LogP contribution in [0.3, 0.4) is 0 Å². The maximum absolute atomic E-state index is 10.5. The minimum Gasteiger partial charge on any atom is -0.496 e. The number of carbonyl (C=O) groups is 1. The number of aryl methyl sites for hydroxylation is 1. The first kappa shape index (κ1) is 9.38. The van der Waals surface area contributed by atoms with Crippen LogP contribution in [0.15, 0.2) is 17.3 Å². The molecule has 0 unspecified atom stereocenters. The number of hydrogen-bond acceptors (Lipinski definition) is 4. The molecule has 0 aliphatic heterocycles. The van der Waals surface area contributed by atoms with Crippen LogP contribution in [0.4, 0.5) is 5.69 Å². The van der Waals surface area contributed by atoms with Crippen molar-refractivity contribution in [3.05, 3.63) is 28.2 Å². The normalized spacial score (nSPS) is 9.38. The molecule has 4 heteroatoms. The Morgan fingerprint density at radius 1 is 1.46 bits per heavy atom. The zero-order chi connectivity index (χ0) is 9.84. The Morgan fingerprint density at radius 3 is 2.62 bits per heavy atom. The average molecular weight is 179 g/mol. The van der Waals surface area contributed by atoms with Crippen LogP contribution >= 0.6 is 0 Å². The molecule has 1 rings (SSSR count). The monoisotopic (exact) mass is 179 g/mol. The number of nitrogens with zero attached hydrogens (tertiary/aromatic N) is 1. The minimum atomic E-state index is 0.147. The molecule has 0 N–H and O–H groups in total. The van der Waals surface area contributed by atoms with Crippen molar-refractivity contribution in [1.82, 2.24) is 0 Å². The SMILES string of the molecule is COc1cc(C=O)c(N=O)cc1C. The summed E-state index contributed by atoms with van der Waals surface area (Å²) in [5.74, 6) is 0.578. The average Bonchev–Trinajstić information content (AvgIpc) is 2.17. The van der Waals surface area contributed by atoms with Gasteiger partial charge in [-0.2, -0.15) is 0 Å². The summed E-state index contributed by atoms with van der Waals surface area (Å²) >= 11 is 0. The Hall–Kier alpha value is -1.71. The van der Waals surface area contributed by atoms with E-state index < -0.39 is 0 Å². The standard InChI is InChI=1S/C9H9NO3/c1-6-3-8(10-12)7(5-11)4-9(6)13-2/h3-5H,1-2H3. The lowest BCUT2D eigenvalue weighted by molar-refractivity contribution is 0.112. The van der Waals surface area contributed by atoms with Gasteiger partial charge in [0.05, 0.1) is 7.11 Å². The number of nitroso groups, excluding NO2 is 1. The van der Waals surface area contributed by atoms with Crippen LogP contribution in [-0.2, 0) is 0 Å². The van der Waals surface area contributed by atoms with E-state index in [4.69, 9.17) is 4.74 Å². The van der Waals surface area contributed by atoms with E-state index >= 15 is 0 Å². The molecule has 0 saturated heterocycles. The van der Waals surface area contributed by atoms with Crippen molar-refractivity contribution in [3.8, 4) is 5.75 Å². The Balaban J connectivity index is 3.34. The number of methoxy groups -OCH3 is 1. The molecule has 4 nitrogen and oxygen atoms in total. The summed E-state index contributed by atoms with van der Waals surface area (Å²) in [5, 5.41) is 2.74. The van der Waals surface area contributed by atoms with Crippen LogP contribution in [0.5, 0.6) is 5.75 Å². The van der Waals surface area contributed by atoms with Crippen LogP contribution < -0.4 is 4.74 Å². The van der Waals surface area contributed by atoms with Gasteiger partial charge in [-0.05, 0) is 29.8 Å². The fourth-order valence-corrected chi connectivity index (χ4v) is 1.08. The Morgan fingerprint density at radius 2 is 2.15 bits per heavy atom. The molecule has 0 amide bonds. The molecular formula is C9H9NO3. The van der Waals surface area contributed by atoms with Gasteiger partial charge in [-0.15, -0.1) is 4.91 Å². The van der Waals surface area contributed by atoms with Crippen molar-refractivity contribution < 1.29 is 9.53 Å². The maximum atomic E-state index is 10.5. The van der Waals surface area contributed by atoms with E-state index in [2.05, 4.69) is 5.18 Å². The fourth-order valence-electron chi connectivity index (χ4n) is 1.08. The van der Waals surface area contributed by atoms with E-state index in [1.54, 1.807) is 6.92 Å². The molecule has 0 bridgehead atoms. The van der Waals surface area contributed by atoms with Crippen LogP contribution in [0, 0.1) is 11.8 Å². The molecular weight excluding hydrogens is 170 g/mol. The predicted octanol–water partition coefficient (Wildman–Crippen LogP) is 2.21. The predicted molar refractivity (Wildman–Crippen MR) is 48.6 cm³/mol. The molecule has 13 heavy (non-hydrogen) atoms. The second-order valence-electron chi connectivity index (χ2n) is 2.59. The Kier molecular flexibility index (Phi) is 2.74. The zero-order valence-electron chi connectivity index (χ0n) is 7.40. The molecule has 0 spiro atoms. The summed E-state index contributed by atoms with van der Waals surface area (Å²) in [6, 6.07) is 3.02. The van der Waals surface area contributed by atoms with Crippen molar-refractivity contribution in [2.45, 2.75) is 6.92 Å². The van der Waals surface area contributed by atoms with E-state index in [1.807, 2.05) is 0 Å². The van der Waals surface area contributed by atoms with Gasteiger partial charge in [0.15, 0.2) is 6.29 Å². The van der Waals surface area contributed by atoms with Gasteiger partial charge < -0.3 is 4.74 Å². The summed E-state index contributed by atoms with van der Waals surface area (Å²) in [5.41, 5.74) is 1.17. The summed E-state index contributed by atoms with van der Waals surface area (Å²) in [7, 11) is 1.50. The first-order valence-electron chi connectivity index (χ1n) is 3.70. The molecule has 68 valence electrons. The highest BCUT2D eigenvalue weighted by Crippen LogP contribution is 2.26. The van der Waals surface area contributed by atoms with Crippen molar-refractivity contribution in [1.29, 1.82) is 0 Å². The molecule has 0 aromatic heterocycles. The van der Waals surface area contributed by atoms with Gasteiger partial charge in [0.25, 0.3) is 0 Å². The summed E-state index contributed by atoms with van der Waals surface area (Å²) in [6.07, 6.45) is 0.582. The fraction of sp³-hybridized carbons (Fsp3) is 0.222. The van der Waals surface area contributed by atoms with Crippen LogP contribution in [0.25, 0.3) is 0 Å². The van der Waals surface area contributed by atoms with Gasteiger partial charge in [-0.25, -0.2) is 0 Å².